The monoisotopic (exact) mass is 473 g/mol. The Morgan fingerprint density at radius 2 is 1.79 bits per heavy atom. The summed E-state index contributed by atoms with van der Waals surface area (Å²) in [6.07, 6.45) is 3.86. The molecule has 3 amide bonds. The van der Waals surface area contributed by atoms with Gasteiger partial charge in [0.15, 0.2) is 5.76 Å². The maximum absolute atomic E-state index is 12.7. The van der Waals surface area contributed by atoms with Crippen molar-refractivity contribution in [2.75, 3.05) is 18.4 Å². The summed E-state index contributed by atoms with van der Waals surface area (Å²) < 4.78 is 32.2. The fourth-order valence-electron chi connectivity index (χ4n) is 4.44. The van der Waals surface area contributed by atoms with Gasteiger partial charge >= 0.3 is 0 Å². The molecule has 4 rings (SSSR count). The van der Waals surface area contributed by atoms with Crippen LogP contribution in [-0.2, 0) is 25.0 Å². The molecular weight excluding hydrogens is 446 g/mol. The Morgan fingerprint density at radius 3 is 2.42 bits per heavy atom. The first-order valence-corrected chi connectivity index (χ1v) is 12.6. The van der Waals surface area contributed by atoms with E-state index < -0.39 is 21.3 Å². The molecule has 9 nitrogen and oxygen atoms in total. The number of hydrogen-bond donors (Lipinski definition) is 2. The second kappa shape index (κ2) is 9.11. The summed E-state index contributed by atoms with van der Waals surface area (Å²) in [6, 6.07) is 9.49. The maximum Gasteiger partial charge on any atom is 0.291 e. The molecule has 1 atom stereocenters. The zero-order chi connectivity index (χ0) is 23.6. The number of benzene rings is 1. The van der Waals surface area contributed by atoms with Gasteiger partial charge in [-0.1, -0.05) is 25.5 Å². The van der Waals surface area contributed by atoms with E-state index in [-0.39, 0.29) is 29.1 Å². The molecule has 2 aliphatic rings. The van der Waals surface area contributed by atoms with Gasteiger partial charge in [0.1, 0.15) is 0 Å². The Bertz CT molecular complexity index is 1170. The van der Waals surface area contributed by atoms with E-state index in [1.54, 1.807) is 24.3 Å². The number of amides is 3. The molecule has 0 bridgehead atoms. The van der Waals surface area contributed by atoms with Crippen LogP contribution in [0.4, 0.5) is 5.69 Å². The summed E-state index contributed by atoms with van der Waals surface area (Å²) in [6.45, 7) is 2.79. The summed E-state index contributed by atoms with van der Waals surface area (Å²) in [5.74, 6) is -1.26. The van der Waals surface area contributed by atoms with Gasteiger partial charge < -0.3 is 9.73 Å². The largest absolute Gasteiger partial charge is 0.438 e. The summed E-state index contributed by atoms with van der Waals surface area (Å²) >= 11 is 0. The third-order valence-electron chi connectivity index (χ3n) is 6.48. The molecule has 33 heavy (non-hydrogen) atoms. The molecule has 0 saturated carbocycles. The predicted molar refractivity (Wildman–Crippen MR) is 120 cm³/mol. The van der Waals surface area contributed by atoms with E-state index in [4.69, 9.17) is 4.42 Å². The lowest BCUT2D eigenvalue weighted by Gasteiger charge is -2.35. The van der Waals surface area contributed by atoms with Crippen LogP contribution >= 0.6 is 0 Å². The summed E-state index contributed by atoms with van der Waals surface area (Å²) in [7, 11) is -3.76. The first-order valence-electron chi connectivity index (χ1n) is 11.1. The highest BCUT2D eigenvalue weighted by atomic mass is 32.2. The van der Waals surface area contributed by atoms with Crippen molar-refractivity contribution in [1.29, 1.82) is 0 Å². The summed E-state index contributed by atoms with van der Waals surface area (Å²) in [4.78, 5) is 36.7. The molecule has 2 saturated heterocycles. The minimum Gasteiger partial charge on any atom is -0.438 e. The van der Waals surface area contributed by atoms with Gasteiger partial charge in [-0.05, 0) is 55.5 Å². The maximum atomic E-state index is 12.7. The quantitative estimate of drug-likeness (QED) is 0.622. The van der Waals surface area contributed by atoms with E-state index >= 15 is 0 Å². The zero-order valence-electron chi connectivity index (χ0n) is 18.4. The topological polar surface area (TPSA) is 126 Å². The van der Waals surface area contributed by atoms with Crippen molar-refractivity contribution < 1.29 is 27.2 Å². The van der Waals surface area contributed by atoms with Crippen LogP contribution in [0.25, 0.3) is 0 Å². The van der Waals surface area contributed by atoms with Gasteiger partial charge in [0.25, 0.3) is 15.9 Å². The van der Waals surface area contributed by atoms with E-state index in [2.05, 4.69) is 10.6 Å². The van der Waals surface area contributed by atoms with E-state index in [9.17, 15) is 22.8 Å². The van der Waals surface area contributed by atoms with Crippen LogP contribution in [0.3, 0.4) is 0 Å². The van der Waals surface area contributed by atoms with Crippen molar-refractivity contribution >= 4 is 33.4 Å². The molecule has 2 aliphatic heterocycles. The number of sulfonamides is 1. The highest BCUT2D eigenvalue weighted by Gasteiger charge is 2.42. The number of piperidine rings is 2. The average molecular weight is 474 g/mol. The molecule has 3 heterocycles. The highest BCUT2D eigenvalue weighted by Crippen LogP contribution is 2.36. The smallest absolute Gasteiger partial charge is 0.291 e. The normalized spacial score (nSPS) is 22.1. The first kappa shape index (κ1) is 23.2. The van der Waals surface area contributed by atoms with Gasteiger partial charge in [-0.2, -0.15) is 4.31 Å². The highest BCUT2D eigenvalue weighted by molar-refractivity contribution is 7.89. The van der Waals surface area contributed by atoms with Crippen molar-refractivity contribution in [2.24, 2.45) is 0 Å². The van der Waals surface area contributed by atoms with Gasteiger partial charge in [0, 0.05) is 25.2 Å². The Kier molecular flexibility index (Phi) is 6.40. The predicted octanol–water partition coefficient (Wildman–Crippen LogP) is 2.79. The van der Waals surface area contributed by atoms with Crippen molar-refractivity contribution in [3.05, 3.63) is 47.7 Å². The minimum atomic E-state index is -3.76. The van der Waals surface area contributed by atoms with Crippen LogP contribution < -0.4 is 10.6 Å². The minimum absolute atomic E-state index is 0.107. The molecule has 0 spiro atoms. The number of carbonyl (C=O) groups is 3. The molecule has 1 aromatic heterocycles. The third-order valence-corrected chi connectivity index (χ3v) is 8.25. The third kappa shape index (κ3) is 4.45. The summed E-state index contributed by atoms with van der Waals surface area (Å²) in [5.41, 5.74) is 0.454. The van der Waals surface area contributed by atoms with E-state index in [1.807, 2.05) is 6.92 Å². The number of hydrogen-bond acceptors (Lipinski definition) is 6. The van der Waals surface area contributed by atoms with Crippen LogP contribution in [0.1, 0.15) is 61.6 Å². The molecule has 176 valence electrons. The van der Waals surface area contributed by atoms with Crippen molar-refractivity contribution in [1.82, 2.24) is 9.62 Å². The van der Waals surface area contributed by atoms with Crippen molar-refractivity contribution in [3.8, 4) is 0 Å². The number of anilines is 1. The molecule has 2 aromatic rings. The number of carbonyl (C=O) groups excluding carboxylic acids is 3. The number of nitrogens with zero attached hydrogens (tertiary/aromatic N) is 1. The zero-order valence-corrected chi connectivity index (χ0v) is 19.2. The van der Waals surface area contributed by atoms with Crippen LogP contribution in [0.15, 0.2) is 45.9 Å². The Hall–Kier alpha value is -2.98. The van der Waals surface area contributed by atoms with E-state index in [0.717, 1.165) is 24.8 Å². The van der Waals surface area contributed by atoms with Crippen LogP contribution in [0.5, 0.6) is 0 Å². The molecule has 10 heteroatoms. The Morgan fingerprint density at radius 1 is 1.09 bits per heavy atom. The standard InChI is InChI=1S/C23H27N3O6S/c1-2-23(13-12-19(27)25-22(23)29)16-6-8-17(9-7-16)24-21(28)18-10-11-20(32-18)33(30,31)26-14-4-3-5-15-26/h6-11H,2-5,12-15H2,1H3,(H,24,28)(H,25,27,29). The lowest BCUT2D eigenvalue weighted by atomic mass is 9.72. The Labute approximate surface area is 192 Å². The van der Waals surface area contributed by atoms with E-state index in [0.29, 0.717) is 31.6 Å². The van der Waals surface area contributed by atoms with Crippen molar-refractivity contribution in [3.63, 3.8) is 0 Å². The first-order chi connectivity index (χ1) is 15.8. The second-order valence-electron chi connectivity index (χ2n) is 8.43. The fraction of sp³-hybridized carbons (Fsp3) is 0.435. The molecule has 0 aliphatic carbocycles. The molecule has 1 unspecified atom stereocenters. The molecule has 1 aromatic carbocycles. The summed E-state index contributed by atoms with van der Waals surface area (Å²) in [5, 5.41) is 4.86. The average Bonchev–Trinajstić information content (AvgIpc) is 3.32. The van der Waals surface area contributed by atoms with Crippen LogP contribution in [0, 0.1) is 0 Å². The number of rotatable bonds is 6. The lowest BCUT2D eigenvalue weighted by molar-refractivity contribution is -0.138. The fourth-order valence-corrected chi connectivity index (χ4v) is 5.87. The molecule has 0 radical (unpaired) electrons. The SMILES string of the molecule is CCC1(c2ccc(NC(=O)c3ccc(S(=O)(=O)N4CCCCC4)o3)cc2)CCC(=O)NC1=O. The van der Waals surface area contributed by atoms with Gasteiger partial charge in [0.05, 0.1) is 5.41 Å². The number of nitrogens with one attached hydrogen (secondary N) is 2. The molecule has 2 N–H and O–H groups in total. The van der Waals surface area contributed by atoms with Crippen molar-refractivity contribution in [2.45, 2.75) is 56.0 Å². The Balaban J connectivity index is 1.46. The van der Waals surface area contributed by atoms with Gasteiger partial charge in [-0.15, -0.1) is 0 Å². The second-order valence-corrected chi connectivity index (χ2v) is 10.3. The molecule has 2 fully saturated rings. The lowest BCUT2D eigenvalue weighted by Crippen LogP contribution is -2.51. The van der Waals surface area contributed by atoms with Gasteiger partial charge in [-0.25, -0.2) is 8.42 Å². The van der Waals surface area contributed by atoms with Gasteiger partial charge in [-0.3, -0.25) is 19.7 Å². The van der Waals surface area contributed by atoms with E-state index in [1.165, 1.54) is 16.4 Å². The molecular formula is C23H27N3O6S. The number of imide groups is 1. The van der Waals surface area contributed by atoms with Gasteiger partial charge in [0.2, 0.25) is 16.9 Å². The van der Waals surface area contributed by atoms with Crippen LogP contribution in [0.2, 0.25) is 0 Å². The number of furan rings is 1. The van der Waals surface area contributed by atoms with Crippen LogP contribution in [-0.4, -0.2) is 43.5 Å².